The molecule has 0 fully saturated rings. The Balaban J connectivity index is 2.39. The zero-order valence-electron chi connectivity index (χ0n) is 9.27. The van der Waals surface area contributed by atoms with Crippen molar-refractivity contribution in [3.8, 4) is 0 Å². The Bertz CT molecular complexity index is 342. The number of aromatic nitrogens is 1. The van der Waals surface area contributed by atoms with Gasteiger partial charge in [-0.15, -0.1) is 11.8 Å². The quantitative estimate of drug-likeness (QED) is 0.602. The van der Waals surface area contributed by atoms with Gasteiger partial charge in [-0.25, -0.2) is 4.98 Å². The minimum atomic E-state index is -0.163. The molecule has 1 unspecified atom stereocenters. The molecule has 1 atom stereocenters. The molecule has 0 aliphatic rings. The first-order valence-corrected chi connectivity index (χ1v) is 6.40. The smallest absolute Gasteiger partial charge is 0.309 e. The first-order valence-electron chi connectivity index (χ1n) is 5.04. The third-order valence-corrected chi connectivity index (χ3v) is 3.30. The molecule has 3 nitrogen and oxygen atoms in total. The lowest BCUT2D eigenvalue weighted by Crippen LogP contribution is -2.16. The van der Waals surface area contributed by atoms with Crippen LogP contribution in [0.25, 0.3) is 0 Å². The number of halogens is 1. The lowest BCUT2D eigenvalue weighted by atomic mass is 10.2. The van der Waals surface area contributed by atoms with Crippen LogP contribution >= 0.6 is 23.4 Å². The van der Waals surface area contributed by atoms with E-state index in [4.69, 9.17) is 16.3 Å². The predicted octanol–water partition coefficient (Wildman–Crippen LogP) is 3.03. The molecule has 1 heterocycles. The van der Waals surface area contributed by atoms with E-state index in [-0.39, 0.29) is 11.9 Å². The summed E-state index contributed by atoms with van der Waals surface area (Å²) in [5.41, 5.74) is 0. The van der Waals surface area contributed by atoms with Gasteiger partial charge in [-0.3, -0.25) is 4.79 Å². The van der Waals surface area contributed by atoms with Crippen molar-refractivity contribution in [3.05, 3.63) is 23.4 Å². The summed E-state index contributed by atoms with van der Waals surface area (Å²) in [6.45, 7) is 4.08. The predicted molar refractivity (Wildman–Crippen MR) is 65.8 cm³/mol. The summed E-state index contributed by atoms with van der Waals surface area (Å²) in [7, 11) is 0. The first-order chi connectivity index (χ1) is 7.63. The molecule has 1 rings (SSSR count). The Morgan fingerprint density at radius 1 is 1.62 bits per heavy atom. The van der Waals surface area contributed by atoms with Crippen molar-refractivity contribution in [2.24, 2.45) is 5.92 Å². The van der Waals surface area contributed by atoms with Crippen LogP contribution in [-0.4, -0.2) is 23.3 Å². The number of hydrogen-bond acceptors (Lipinski definition) is 4. The number of pyridine rings is 1. The van der Waals surface area contributed by atoms with Crippen LogP contribution in [0, 0.1) is 5.92 Å². The van der Waals surface area contributed by atoms with E-state index < -0.39 is 0 Å². The number of rotatable bonds is 5. The molecule has 0 aliphatic carbocycles. The second-order valence-electron chi connectivity index (χ2n) is 3.28. The fourth-order valence-corrected chi connectivity index (χ4v) is 1.97. The molecule has 0 saturated carbocycles. The highest BCUT2D eigenvalue weighted by molar-refractivity contribution is 7.99. The molecule has 0 aromatic carbocycles. The van der Waals surface area contributed by atoms with Crippen molar-refractivity contribution in [1.29, 1.82) is 0 Å². The van der Waals surface area contributed by atoms with Crippen LogP contribution in [-0.2, 0) is 9.53 Å². The summed E-state index contributed by atoms with van der Waals surface area (Å²) in [6.07, 6.45) is 1.60. The molecule has 1 aromatic rings. The number of carbonyl (C=O) groups is 1. The molecular weight excluding hydrogens is 246 g/mol. The van der Waals surface area contributed by atoms with Crippen molar-refractivity contribution in [2.45, 2.75) is 18.9 Å². The molecule has 0 radical (unpaired) electrons. The second-order valence-corrected chi connectivity index (χ2v) is 4.76. The van der Waals surface area contributed by atoms with Crippen molar-refractivity contribution < 1.29 is 9.53 Å². The van der Waals surface area contributed by atoms with Crippen molar-refractivity contribution >= 4 is 29.3 Å². The number of nitrogens with zero attached hydrogens (tertiary/aromatic N) is 1. The van der Waals surface area contributed by atoms with Crippen LogP contribution < -0.4 is 0 Å². The Morgan fingerprint density at radius 3 is 2.94 bits per heavy atom. The zero-order chi connectivity index (χ0) is 12.0. The van der Waals surface area contributed by atoms with Gasteiger partial charge < -0.3 is 4.74 Å². The fourth-order valence-electron chi connectivity index (χ4n) is 1.01. The van der Waals surface area contributed by atoms with Gasteiger partial charge in [0.2, 0.25) is 0 Å². The molecule has 16 heavy (non-hydrogen) atoms. The van der Waals surface area contributed by atoms with Crippen LogP contribution in [0.5, 0.6) is 0 Å². The van der Waals surface area contributed by atoms with Crippen molar-refractivity contribution in [3.63, 3.8) is 0 Å². The van der Waals surface area contributed by atoms with Crippen LogP contribution in [0.15, 0.2) is 23.4 Å². The average molecular weight is 260 g/mol. The molecule has 0 aliphatic heterocycles. The van der Waals surface area contributed by atoms with Gasteiger partial charge in [-0.05, 0) is 19.1 Å². The molecule has 0 N–H and O–H groups in total. The highest BCUT2D eigenvalue weighted by Crippen LogP contribution is 2.20. The summed E-state index contributed by atoms with van der Waals surface area (Å²) in [5, 5.41) is 1.48. The lowest BCUT2D eigenvalue weighted by molar-refractivity contribution is -0.146. The van der Waals surface area contributed by atoms with E-state index >= 15 is 0 Å². The summed E-state index contributed by atoms with van der Waals surface area (Å²) in [5.74, 6) is 0.374. The number of esters is 1. The van der Waals surface area contributed by atoms with Gasteiger partial charge >= 0.3 is 5.97 Å². The summed E-state index contributed by atoms with van der Waals surface area (Å²) in [6, 6.07) is 3.62. The summed E-state index contributed by atoms with van der Waals surface area (Å²) >= 11 is 7.24. The van der Waals surface area contributed by atoms with Gasteiger partial charge in [0.15, 0.2) is 0 Å². The normalized spacial score (nSPS) is 12.2. The molecule has 0 amide bonds. The number of carbonyl (C=O) groups excluding carboxylic acids is 1. The molecule has 0 bridgehead atoms. The van der Waals surface area contributed by atoms with Gasteiger partial charge in [-0.2, -0.15) is 0 Å². The Kier molecular flexibility index (Phi) is 5.63. The summed E-state index contributed by atoms with van der Waals surface area (Å²) < 4.78 is 4.92. The maximum atomic E-state index is 11.3. The van der Waals surface area contributed by atoms with E-state index in [2.05, 4.69) is 4.98 Å². The minimum absolute atomic E-state index is 0.123. The third-order valence-electron chi connectivity index (χ3n) is 1.87. The molecule has 0 saturated heterocycles. The van der Waals surface area contributed by atoms with E-state index in [1.54, 1.807) is 19.2 Å². The van der Waals surface area contributed by atoms with Gasteiger partial charge in [0.25, 0.3) is 0 Å². The molecule has 88 valence electrons. The first kappa shape index (κ1) is 13.3. The van der Waals surface area contributed by atoms with E-state index in [1.807, 2.05) is 13.0 Å². The third kappa shape index (κ3) is 4.41. The van der Waals surface area contributed by atoms with Crippen LogP contribution in [0.1, 0.15) is 13.8 Å². The Hall–Kier alpha value is -0.740. The largest absolute Gasteiger partial charge is 0.466 e. The van der Waals surface area contributed by atoms with E-state index in [9.17, 15) is 4.79 Å². The number of ether oxygens (including phenoxy) is 1. The van der Waals surface area contributed by atoms with Crippen molar-refractivity contribution in [1.82, 2.24) is 4.98 Å². The highest BCUT2D eigenvalue weighted by Gasteiger charge is 2.14. The minimum Gasteiger partial charge on any atom is -0.466 e. The van der Waals surface area contributed by atoms with Crippen LogP contribution in [0.3, 0.4) is 0 Å². The Morgan fingerprint density at radius 2 is 2.38 bits per heavy atom. The number of thioether (sulfide) groups is 1. The topological polar surface area (TPSA) is 39.2 Å². The van der Waals surface area contributed by atoms with Gasteiger partial charge in [0.05, 0.1) is 22.6 Å². The maximum absolute atomic E-state index is 11.3. The molecular formula is C11H14ClNO2S. The zero-order valence-corrected chi connectivity index (χ0v) is 10.8. The van der Waals surface area contributed by atoms with Gasteiger partial charge in [0, 0.05) is 11.9 Å². The van der Waals surface area contributed by atoms with Gasteiger partial charge in [-0.1, -0.05) is 18.5 Å². The molecule has 0 spiro atoms. The van der Waals surface area contributed by atoms with Crippen LogP contribution in [0.4, 0.5) is 0 Å². The monoisotopic (exact) mass is 259 g/mol. The summed E-state index contributed by atoms with van der Waals surface area (Å²) in [4.78, 5) is 15.5. The maximum Gasteiger partial charge on any atom is 0.309 e. The van der Waals surface area contributed by atoms with E-state index in [0.29, 0.717) is 17.4 Å². The highest BCUT2D eigenvalue weighted by atomic mass is 35.5. The lowest BCUT2D eigenvalue weighted by Gasteiger charge is -2.09. The molecule has 5 heteroatoms. The standard InChI is InChI=1S/C11H14ClNO2S/c1-3-15-11(14)8(2)7-16-10-5-4-9(12)6-13-10/h4-6,8H,3,7H2,1-2H3. The van der Waals surface area contributed by atoms with E-state index in [1.165, 1.54) is 11.8 Å². The van der Waals surface area contributed by atoms with Gasteiger partial charge in [0.1, 0.15) is 0 Å². The fraction of sp³-hybridized carbons (Fsp3) is 0.455. The average Bonchev–Trinajstić information content (AvgIpc) is 2.28. The van der Waals surface area contributed by atoms with E-state index in [0.717, 1.165) is 5.03 Å². The number of hydrogen-bond donors (Lipinski definition) is 0. The van der Waals surface area contributed by atoms with Crippen molar-refractivity contribution in [2.75, 3.05) is 12.4 Å². The Labute approximate surface area is 105 Å². The SMILES string of the molecule is CCOC(=O)C(C)CSc1ccc(Cl)cn1. The molecule has 1 aromatic heterocycles. The second kappa shape index (κ2) is 6.76. The van der Waals surface area contributed by atoms with Crippen LogP contribution in [0.2, 0.25) is 5.02 Å².